The van der Waals surface area contributed by atoms with E-state index in [0.29, 0.717) is 18.0 Å². The predicted molar refractivity (Wildman–Crippen MR) is 106 cm³/mol. The number of nitrogens with one attached hydrogen (secondary N) is 2. The molecule has 2 aromatic carbocycles. The molecule has 2 N–H and O–H groups in total. The van der Waals surface area contributed by atoms with Crippen LogP contribution in [0.1, 0.15) is 24.2 Å². The van der Waals surface area contributed by atoms with Crippen LogP contribution in [-0.2, 0) is 9.53 Å². The van der Waals surface area contributed by atoms with Crippen molar-refractivity contribution in [3.63, 3.8) is 0 Å². The first-order valence-corrected chi connectivity index (χ1v) is 8.76. The number of carbonyl (C=O) groups is 2. The van der Waals surface area contributed by atoms with Gasteiger partial charge < -0.3 is 20.1 Å². The Balaban J connectivity index is 2.18. The minimum absolute atomic E-state index is 0.162. The minimum Gasteiger partial charge on any atom is -0.492 e. The van der Waals surface area contributed by atoms with Crippen LogP contribution in [0.5, 0.6) is 5.75 Å². The smallest absolute Gasteiger partial charge is 0.340 e. The summed E-state index contributed by atoms with van der Waals surface area (Å²) in [6.45, 7) is 4.26. The molecule has 0 radical (unpaired) electrons. The third-order valence-corrected chi connectivity index (χ3v) is 3.59. The van der Waals surface area contributed by atoms with Crippen molar-refractivity contribution in [1.82, 2.24) is 0 Å². The van der Waals surface area contributed by atoms with Gasteiger partial charge in [0.25, 0.3) is 5.91 Å². The van der Waals surface area contributed by atoms with Crippen LogP contribution in [0.25, 0.3) is 0 Å². The maximum Gasteiger partial charge on any atom is 0.340 e. The van der Waals surface area contributed by atoms with E-state index < -0.39 is 11.9 Å². The van der Waals surface area contributed by atoms with Crippen LogP contribution in [0, 0.1) is 11.3 Å². The van der Waals surface area contributed by atoms with Crippen LogP contribution in [0.4, 0.5) is 11.4 Å². The largest absolute Gasteiger partial charge is 0.492 e. The van der Waals surface area contributed by atoms with Gasteiger partial charge in [-0.2, -0.15) is 5.26 Å². The lowest BCUT2D eigenvalue weighted by Crippen LogP contribution is -2.17. The molecule has 0 saturated heterocycles. The second-order valence-electron chi connectivity index (χ2n) is 5.46. The molecule has 7 heteroatoms. The highest BCUT2D eigenvalue weighted by atomic mass is 16.5. The number of ether oxygens (including phenoxy) is 2. The Bertz CT molecular complexity index is 916. The zero-order valence-electron chi connectivity index (χ0n) is 15.7. The molecule has 0 bridgehead atoms. The van der Waals surface area contributed by atoms with Gasteiger partial charge in [0.05, 0.1) is 30.2 Å². The van der Waals surface area contributed by atoms with Crippen molar-refractivity contribution in [1.29, 1.82) is 5.26 Å². The van der Waals surface area contributed by atoms with Crippen LogP contribution >= 0.6 is 0 Å². The summed E-state index contributed by atoms with van der Waals surface area (Å²) in [5.41, 5.74) is 0.938. The molecule has 0 saturated carbocycles. The highest BCUT2D eigenvalue weighted by molar-refractivity contribution is 6.09. The molecule has 0 fully saturated rings. The molecule has 2 rings (SSSR count). The van der Waals surface area contributed by atoms with E-state index in [1.807, 2.05) is 19.1 Å². The van der Waals surface area contributed by atoms with Crippen molar-refractivity contribution in [3.8, 4) is 11.8 Å². The van der Waals surface area contributed by atoms with Gasteiger partial charge in [-0.25, -0.2) is 4.79 Å². The molecule has 0 unspecified atom stereocenters. The van der Waals surface area contributed by atoms with Crippen molar-refractivity contribution in [2.24, 2.45) is 0 Å². The standard InChI is InChI=1S/C21H21N3O4/c1-3-27-19-12-8-7-11-18(19)23-14-15(13-22)20(25)24-17-10-6-5-9-16(17)21(26)28-4-2/h5-12,14,23H,3-4H2,1-2H3,(H,24,25)/b15-14-. The molecule has 0 heterocycles. The Morgan fingerprint density at radius 3 is 2.39 bits per heavy atom. The number of hydrogen-bond acceptors (Lipinski definition) is 6. The van der Waals surface area contributed by atoms with E-state index in [0.717, 1.165) is 0 Å². The SMILES string of the molecule is CCOC(=O)c1ccccc1NC(=O)/C(C#N)=C\Nc1ccccc1OCC. The van der Waals surface area contributed by atoms with E-state index in [1.165, 1.54) is 6.20 Å². The summed E-state index contributed by atoms with van der Waals surface area (Å²) in [5, 5.41) is 14.8. The maximum absolute atomic E-state index is 12.5. The number of nitrogens with zero attached hydrogens (tertiary/aromatic N) is 1. The van der Waals surface area contributed by atoms with E-state index in [-0.39, 0.29) is 23.4 Å². The Morgan fingerprint density at radius 1 is 1.04 bits per heavy atom. The van der Waals surface area contributed by atoms with Gasteiger partial charge in [-0.3, -0.25) is 4.79 Å². The monoisotopic (exact) mass is 379 g/mol. The second-order valence-corrected chi connectivity index (χ2v) is 5.46. The van der Waals surface area contributed by atoms with Crippen molar-refractivity contribution in [2.45, 2.75) is 13.8 Å². The van der Waals surface area contributed by atoms with Gasteiger partial charge in [0.2, 0.25) is 0 Å². The van der Waals surface area contributed by atoms with Gasteiger partial charge in [-0.15, -0.1) is 0 Å². The second kappa shape index (κ2) is 10.4. The van der Waals surface area contributed by atoms with Crippen LogP contribution < -0.4 is 15.4 Å². The van der Waals surface area contributed by atoms with Crippen LogP contribution in [0.3, 0.4) is 0 Å². The molecule has 28 heavy (non-hydrogen) atoms. The first-order valence-electron chi connectivity index (χ1n) is 8.76. The summed E-state index contributed by atoms with van der Waals surface area (Å²) in [7, 11) is 0. The number of rotatable bonds is 8. The van der Waals surface area contributed by atoms with E-state index in [2.05, 4.69) is 10.6 Å². The first-order chi connectivity index (χ1) is 13.6. The molecular weight excluding hydrogens is 358 g/mol. The fourth-order valence-electron chi connectivity index (χ4n) is 2.33. The zero-order chi connectivity index (χ0) is 20.4. The fourth-order valence-corrected chi connectivity index (χ4v) is 2.33. The topological polar surface area (TPSA) is 100 Å². The zero-order valence-corrected chi connectivity index (χ0v) is 15.7. The molecule has 0 aliphatic heterocycles. The summed E-state index contributed by atoms with van der Waals surface area (Å²) >= 11 is 0. The highest BCUT2D eigenvalue weighted by Gasteiger charge is 2.16. The lowest BCUT2D eigenvalue weighted by Gasteiger charge is -2.11. The molecule has 1 amide bonds. The van der Waals surface area contributed by atoms with Gasteiger partial charge in [0, 0.05) is 6.20 Å². The molecule has 0 spiro atoms. The van der Waals surface area contributed by atoms with Crippen molar-refractivity contribution in [2.75, 3.05) is 23.8 Å². The summed E-state index contributed by atoms with van der Waals surface area (Å²) in [4.78, 5) is 24.5. The average Bonchev–Trinajstić information content (AvgIpc) is 2.70. The summed E-state index contributed by atoms with van der Waals surface area (Å²) in [6.07, 6.45) is 1.29. The molecular formula is C21H21N3O4. The molecule has 2 aromatic rings. The molecule has 0 aliphatic carbocycles. The van der Waals surface area contributed by atoms with Crippen LogP contribution in [0.15, 0.2) is 60.3 Å². The molecule has 7 nitrogen and oxygen atoms in total. The minimum atomic E-state index is -0.652. The average molecular weight is 379 g/mol. The number of para-hydroxylation sites is 3. The predicted octanol–water partition coefficient (Wildman–Crippen LogP) is 3.72. The first kappa shape index (κ1) is 20.5. The lowest BCUT2D eigenvalue weighted by atomic mass is 10.1. The Kier molecular flexibility index (Phi) is 7.61. The molecule has 0 atom stereocenters. The number of esters is 1. The Hall–Kier alpha value is -3.79. The summed E-state index contributed by atoms with van der Waals surface area (Å²) < 4.78 is 10.5. The number of nitriles is 1. The number of carbonyl (C=O) groups excluding carboxylic acids is 2. The molecule has 0 aliphatic rings. The lowest BCUT2D eigenvalue weighted by molar-refractivity contribution is -0.112. The van der Waals surface area contributed by atoms with Gasteiger partial charge in [0.15, 0.2) is 0 Å². The Morgan fingerprint density at radius 2 is 1.71 bits per heavy atom. The number of amides is 1. The van der Waals surface area contributed by atoms with Gasteiger partial charge >= 0.3 is 5.97 Å². The third kappa shape index (κ3) is 5.35. The van der Waals surface area contributed by atoms with E-state index >= 15 is 0 Å². The highest BCUT2D eigenvalue weighted by Crippen LogP contribution is 2.24. The molecule has 144 valence electrons. The van der Waals surface area contributed by atoms with E-state index in [4.69, 9.17) is 9.47 Å². The summed E-state index contributed by atoms with van der Waals surface area (Å²) in [5.74, 6) is -0.600. The van der Waals surface area contributed by atoms with Gasteiger partial charge in [-0.1, -0.05) is 24.3 Å². The fraction of sp³-hybridized carbons (Fsp3) is 0.190. The number of anilines is 2. The number of benzene rings is 2. The molecule has 0 aromatic heterocycles. The summed E-state index contributed by atoms with van der Waals surface area (Å²) in [6, 6.07) is 15.5. The van der Waals surface area contributed by atoms with Crippen molar-refractivity contribution in [3.05, 3.63) is 65.9 Å². The number of hydrogen-bond donors (Lipinski definition) is 2. The third-order valence-electron chi connectivity index (χ3n) is 3.59. The van der Waals surface area contributed by atoms with Crippen LogP contribution in [-0.4, -0.2) is 25.1 Å². The van der Waals surface area contributed by atoms with Crippen LogP contribution in [0.2, 0.25) is 0 Å². The van der Waals surface area contributed by atoms with Crippen molar-refractivity contribution < 1.29 is 19.1 Å². The van der Waals surface area contributed by atoms with Gasteiger partial charge in [-0.05, 0) is 38.1 Å². The van der Waals surface area contributed by atoms with Gasteiger partial charge in [0.1, 0.15) is 17.4 Å². The Labute approximate surface area is 163 Å². The van der Waals surface area contributed by atoms with E-state index in [1.54, 1.807) is 49.4 Å². The maximum atomic E-state index is 12.5. The quantitative estimate of drug-likeness (QED) is 0.412. The normalized spacial score (nSPS) is 10.5. The van der Waals surface area contributed by atoms with Crippen molar-refractivity contribution >= 4 is 23.3 Å². The van der Waals surface area contributed by atoms with E-state index in [9.17, 15) is 14.9 Å².